The van der Waals surface area contributed by atoms with Crippen molar-refractivity contribution in [3.05, 3.63) is 148 Å². The molecule has 2 aliphatic heterocycles. The van der Waals surface area contributed by atoms with E-state index in [4.69, 9.17) is 9.47 Å². The van der Waals surface area contributed by atoms with Crippen LogP contribution in [0.4, 0.5) is 5.69 Å². The average molecular weight is 959 g/mol. The van der Waals surface area contributed by atoms with Gasteiger partial charge in [0.25, 0.3) is 5.91 Å². The predicted octanol–water partition coefficient (Wildman–Crippen LogP) is 10.5. The number of fused-ring (bicyclic) bond motifs is 7. The molecule has 368 valence electrons. The highest BCUT2D eigenvalue weighted by atomic mass is 16.6. The summed E-state index contributed by atoms with van der Waals surface area (Å²) in [7, 11) is 0. The van der Waals surface area contributed by atoms with Crippen molar-refractivity contribution >= 4 is 46.1 Å². The van der Waals surface area contributed by atoms with Gasteiger partial charge in [0.1, 0.15) is 29.5 Å². The molecule has 3 heterocycles. The number of carbonyl (C=O) groups is 5. The minimum Gasteiger partial charge on any atom is -0.508 e. The fraction of sp³-hybridized carbons (Fsp3) is 0.362. The van der Waals surface area contributed by atoms with Crippen molar-refractivity contribution in [3.8, 4) is 23.0 Å². The summed E-state index contributed by atoms with van der Waals surface area (Å²) in [5.41, 5.74) is 4.22. The van der Waals surface area contributed by atoms with Crippen molar-refractivity contribution in [2.45, 2.75) is 103 Å². The van der Waals surface area contributed by atoms with Crippen LogP contribution in [0.2, 0.25) is 0 Å². The standard InChI is InChI=1S/C58H62N4O9/c1-3-37-14-13-16-42(30-37)61(4-2)54(66)36-62-49-17-10-9-15-40(49)33-50(62)51(65)31-38-18-20-39(21-19-38)55(67)59-28-11-7-5-6-8-12-29-60-56(68)41-22-25-46-45(32-41)57(69)71-58(46)47-26-23-43(63)34-52(47)70-53-35-44(64)24-27-48(53)58/h9-10,13-17,22-27,30,32-35,38-39,63-64H,3-8,11-12,18-21,28-29,31,36H2,1-2H3,(H,59,67)(H,60,68). The predicted molar refractivity (Wildman–Crippen MR) is 271 cm³/mol. The van der Waals surface area contributed by atoms with Gasteiger partial charge in [0.05, 0.1) is 11.3 Å². The van der Waals surface area contributed by atoms with Gasteiger partial charge in [-0.15, -0.1) is 0 Å². The van der Waals surface area contributed by atoms with Gasteiger partial charge in [0.15, 0.2) is 11.4 Å². The van der Waals surface area contributed by atoms with E-state index in [1.54, 1.807) is 35.2 Å². The lowest BCUT2D eigenvalue weighted by Crippen LogP contribution is -2.35. The number of nitrogens with zero attached hydrogens (tertiary/aromatic N) is 2. The summed E-state index contributed by atoms with van der Waals surface area (Å²) in [6.07, 6.45) is 10.0. The summed E-state index contributed by atoms with van der Waals surface area (Å²) < 4.78 is 14.0. The van der Waals surface area contributed by atoms with Gasteiger partial charge in [-0.25, -0.2) is 4.79 Å². The molecule has 71 heavy (non-hydrogen) atoms. The monoisotopic (exact) mass is 958 g/mol. The Labute approximate surface area is 414 Å². The van der Waals surface area contributed by atoms with Gasteiger partial charge < -0.3 is 39.8 Å². The zero-order valence-electron chi connectivity index (χ0n) is 40.5. The zero-order valence-corrected chi connectivity index (χ0v) is 40.5. The molecule has 4 N–H and O–H groups in total. The molecule has 9 rings (SSSR count). The van der Waals surface area contributed by atoms with Gasteiger partial charge in [-0.2, -0.15) is 0 Å². The van der Waals surface area contributed by atoms with Gasteiger partial charge in [0, 0.05) is 82.9 Å². The lowest BCUT2D eigenvalue weighted by Gasteiger charge is -2.36. The van der Waals surface area contributed by atoms with Gasteiger partial charge in [-0.1, -0.05) is 69.0 Å². The minimum absolute atomic E-state index is 0.0298. The lowest BCUT2D eigenvalue weighted by molar-refractivity contribution is -0.126. The average Bonchev–Trinajstić information content (AvgIpc) is 3.88. The van der Waals surface area contributed by atoms with E-state index in [-0.39, 0.29) is 70.4 Å². The summed E-state index contributed by atoms with van der Waals surface area (Å²) >= 11 is 0. The Morgan fingerprint density at radius 1 is 0.718 bits per heavy atom. The van der Waals surface area contributed by atoms with Crippen molar-refractivity contribution in [2.75, 3.05) is 24.5 Å². The Hall–Kier alpha value is -7.41. The van der Waals surface area contributed by atoms with E-state index in [2.05, 4.69) is 29.7 Å². The Balaban J connectivity index is 0.675. The van der Waals surface area contributed by atoms with Crippen molar-refractivity contribution in [1.29, 1.82) is 0 Å². The van der Waals surface area contributed by atoms with E-state index in [1.165, 1.54) is 24.3 Å². The molecule has 13 heteroatoms. The summed E-state index contributed by atoms with van der Waals surface area (Å²) in [6.45, 7) is 5.78. The molecule has 6 aromatic rings. The SMILES string of the molecule is CCc1cccc(N(CC)C(=O)Cn2c(C(=O)CC3CCC(C(=O)NCCCCCCCCNC(=O)c4ccc5c(c4)C(=O)OC54c5ccc(O)cc5Oc5cc(O)ccc54)CC3)cc3ccccc32)c1. The molecule has 1 aliphatic carbocycles. The van der Waals surface area contributed by atoms with Gasteiger partial charge in [-0.3, -0.25) is 19.2 Å². The van der Waals surface area contributed by atoms with Crippen LogP contribution in [0.5, 0.6) is 23.0 Å². The first-order valence-electron chi connectivity index (χ1n) is 25.3. The van der Waals surface area contributed by atoms with E-state index >= 15 is 0 Å². The number of likely N-dealkylation sites (N-methyl/N-ethyl adjacent to an activating group) is 1. The number of rotatable bonds is 19. The largest absolute Gasteiger partial charge is 0.508 e. The van der Waals surface area contributed by atoms with Gasteiger partial charge in [-0.05, 0) is 124 Å². The number of ketones is 1. The number of aromatic nitrogens is 1. The number of para-hydroxylation sites is 1. The van der Waals surface area contributed by atoms with Crippen LogP contribution in [0.25, 0.3) is 10.9 Å². The molecular weight excluding hydrogens is 897 g/mol. The molecule has 1 fully saturated rings. The molecule has 1 saturated carbocycles. The van der Waals surface area contributed by atoms with E-state index in [0.29, 0.717) is 54.0 Å². The third-order valence-electron chi connectivity index (χ3n) is 14.6. The number of benzene rings is 5. The molecular formula is C58H62N4O9. The molecule has 0 bridgehead atoms. The van der Waals surface area contributed by atoms with E-state index in [0.717, 1.165) is 92.8 Å². The molecule has 1 spiro atoms. The first-order chi connectivity index (χ1) is 34.5. The second-order valence-electron chi connectivity index (χ2n) is 19.1. The smallest absolute Gasteiger partial charge is 0.340 e. The Morgan fingerprint density at radius 3 is 2.07 bits per heavy atom. The van der Waals surface area contributed by atoms with Crippen molar-refractivity contribution in [3.63, 3.8) is 0 Å². The number of amides is 3. The lowest BCUT2D eigenvalue weighted by atomic mass is 9.77. The molecule has 1 aromatic heterocycles. The van der Waals surface area contributed by atoms with Crippen molar-refractivity contribution in [1.82, 2.24) is 15.2 Å². The molecule has 13 nitrogen and oxygen atoms in total. The molecule has 3 aliphatic rings. The molecule has 0 saturated heterocycles. The second kappa shape index (κ2) is 21.3. The van der Waals surface area contributed by atoms with Gasteiger partial charge in [0.2, 0.25) is 11.8 Å². The molecule has 0 unspecified atom stereocenters. The number of phenols is 2. The Bertz CT molecular complexity index is 2930. The molecule has 3 amide bonds. The van der Waals surface area contributed by atoms with Crippen molar-refractivity contribution < 1.29 is 43.7 Å². The van der Waals surface area contributed by atoms with Crippen LogP contribution >= 0.6 is 0 Å². The summed E-state index contributed by atoms with van der Waals surface area (Å²) in [5.74, 6) is -0.183. The second-order valence-corrected chi connectivity index (χ2v) is 19.1. The van der Waals surface area contributed by atoms with Crippen LogP contribution in [-0.2, 0) is 32.9 Å². The summed E-state index contributed by atoms with van der Waals surface area (Å²) in [6, 6.07) is 31.9. The number of ether oxygens (including phenoxy) is 2. The first kappa shape index (κ1) is 48.6. The number of hydrogen-bond acceptors (Lipinski definition) is 9. The zero-order chi connectivity index (χ0) is 49.6. The number of nitrogens with one attached hydrogen (secondary N) is 2. The van der Waals surface area contributed by atoms with Crippen LogP contribution in [0.3, 0.4) is 0 Å². The fourth-order valence-electron chi connectivity index (χ4n) is 10.7. The number of phenolic OH excluding ortho intramolecular Hbond substituents is 2. The minimum atomic E-state index is -1.39. The number of anilines is 1. The molecule has 5 aromatic carbocycles. The van der Waals surface area contributed by atoms with Crippen LogP contribution in [-0.4, -0.2) is 63.9 Å². The third-order valence-corrected chi connectivity index (χ3v) is 14.6. The number of unbranched alkanes of at least 4 members (excludes halogenated alkanes) is 5. The van der Waals surface area contributed by atoms with Crippen LogP contribution in [0, 0.1) is 11.8 Å². The fourth-order valence-corrected chi connectivity index (χ4v) is 10.7. The topological polar surface area (TPSA) is 176 Å². The summed E-state index contributed by atoms with van der Waals surface area (Å²) in [4.78, 5) is 69.4. The van der Waals surface area contributed by atoms with Crippen LogP contribution < -0.4 is 20.3 Å². The Morgan fingerprint density at radius 2 is 1.38 bits per heavy atom. The Kier molecular flexibility index (Phi) is 14.6. The number of carbonyl (C=O) groups excluding carboxylic acids is 5. The molecule has 0 radical (unpaired) electrons. The third kappa shape index (κ3) is 10.1. The highest BCUT2D eigenvalue weighted by Crippen LogP contribution is 2.57. The number of aromatic hydroxyl groups is 2. The number of hydrogen-bond donors (Lipinski definition) is 4. The van der Waals surface area contributed by atoms with E-state index < -0.39 is 11.6 Å². The van der Waals surface area contributed by atoms with Crippen LogP contribution in [0.15, 0.2) is 109 Å². The maximum atomic E-state index is 14.0. The normalized spacial score (nSPS) is 16.3. The van der Waals surface area contributed by atoms with Crippen molar-refractivity contribution in [2.24, 2.45) is 11.8 Å². The molecule has 0 atom stereocenters. The first-order valence-corrected chi connectivity index (χ1v) is 25.3. The number of aryl methyl sites for hydroxylation is 1. The van der Waals surface area contributed by atoms with E-state index in [9.17, 15) is 34.2 Å². The highest BCUT2D eigenvalue weighted by Gasteiger charge is 2.54. The number of Topliss-reactive ketones (excluding diaryl/α,β-unsaturated/α-hetero) is 1. The van der Waals surface area contributed by atoms with E-state index in [1.807, 2.05) is 54.0 Å². The summed E-state index contributed by atoms with van der Waals surface area (Å²) in [5, 5.41) is 27.4. The van der Waals surface area contributed by atoms with Gasteiger partial charge >= 0.3 is 5.97 Å². The quantitative estimate of drug-likeness (QED) is 0.0350. The maximum absolute atomic E-state index is 14.0. The maximum Gasteiger partial charge on any atom is 0.340 e. The van der Waals surface area contributed by atoms with Crippen LogP contribution in [0.1, 0.15) is 138 Å². The highest BCUT2D eigenvalue weighted by molar-refractivity contribution is 6.03. The number of esters is 1.